The Morgan fingerprint density at radius 3 is 2.77 bits per heavy atom. The molecule has 2 aliphatic heterocycles. The van der Waals surface area contributed by atoms with Crippen LogP contribution < -0.4 is 10.6 Å². The van der Waals surface area contributed by atoms with Crippen LogP contribution >= 0.6 is 11.8 Å². The van der Waals surface area contributed by atoms with Gasteiger partial charge in [-0.1, -0.05) is 36.0 Å². The Kier molecular flexibility index (Phi) is 4.28. The van der Waals surface area contributed by atoms with Gasteiger partial charge in [0.15, 0.2) is 9.84 Å². The number of rotatable bonds is 3. The van der Waals surface area contributed by atoms with Gasteiger partial charge in [-0.15, -0.1) is 0 Å². The highest BCUT2D eigenvalue weighted by molar-refractivity contribution is 8.04. The highest BCUT2D eigenvalue weighted by Gasteiger charge is 2.29. The van der Waals surface area contributed by atoms with Gasteiger partial charge in [-0.3, -0.25) is 4.99 Å². The molecule has 5 nitrogen and oxygen atoms in total. The summed E-state index contributed by atoms with van der Waals surface area (Å²) in [4.78, 5) is 8.38. The lowest BCUT2D eigenvalue weighted by Gasteiger charge is -2.26. The molecule has 4 rings (SSSR count). The quantitative estimate of drug-likeness (QED) is 0.817. The molecule has 1 unspecified atom stereocenters. The van der Waals surface area contributed by atoms with Gasteiger partial charge >= 0.3 is 0 Å². The van der Waals surface area contributed by atoms with Crippen LogP contribution in [0.1, 0.15) is 17.4 Å². The van der Waals surface area contributed by atoms with Gasteiger partial charge in [0.1, 0.15) is 5.37 Å². The lowest BCUT2D eigenvalue weighted by atomic mass is 10.1. The van der Waals surface area contributed by atoms with Crippen LogP contribution in [0.4, 0.5) is 11.4 Å². The maximum Gasteiger partial charge on any atom is 0.175 e. The van der Waals surface area contributed by atoms with Crippen molar-refractivity contribution < 1.29 is 8.42 Å². The van der Waals surface area contributed by atoms with E-state index in [0.29, 0.717) is 4.90 Å². The number of thioether (sulfide) groups is 1. The van der Waals surface area contributed by atoms with E-state index in [4.69, 9.17) is 10.7 Å². The summed E-state index contributed by atoms with van der Waals surface area (Å²) in [5.41, 5.74) is 9.86. The van der Waals surface area contributed by atoms with Crippen molar-refractivity contribution in [2.24, 2.45) is 4.99 Å². The first-order valence-electron chi connectivity index (χ1n) is 8.28. The molecule has 0 bridgehead atoms. The third-order valence-electron chi connectivity index (χ3n) is 4.50. The number of allylic oxidation sites excluding steroid dienone is 1. The number of hydrogen-bond acceptors (Lipinski definition) is 6. The zero-order valence-electron chi connectivity index (χ0n) is 14.3. The van der Waals surface area contributed by atoms with Crippen molar-refractivity contribution >= 4 is 38.7 Å². The van der Waals surface area contributed by atoms with E-state index in [1.54, 1.807) is 30.0 Å². The third-order valence-corrected chi connectivity index (χ3v) is 6.79. The van der Waals surface area contributed by atoms with E-state index in [2.05, 4.69) is 11.1 Å². The van der Waals surface area contributed by atoms with E-state index in [-0.39, 0.29) is 5.37 Å². The van der Waals surface area contributed by atoms with Gasteiger partial charge in [0, 0.05) is 47.3 Å². The highest BCUT2D eigenvalue weighted by Crippen LogP contribution is 2.46. The summed E-state index contributed by atoms with van der Waals surface area (Å²) in [7, 11) is -3.22. The molecule has 0 fully saturated rings. The fraction of sp³-hybridized carbons (Fsp3) is 0.211. The summed E-state index contributed by atoms with van der Waals surface area (Å²) >= 11 is 1.69. The number of nitrogens with two attached hydrogens (primary N) is 1. The number of aliphatic imine (C=N–C) groups is 1. The van der Waals surface area contributed by atoms with Crippen LogP contribution in [0.25, 0.3) is 0 Å². The first kappa shape index (κ1) is 17.2. The fourth-order valence-corrected chi connectivity index (χ4v) is 5.01. The van der Waals surface area contributed by atoms with Gasteiger partial charge in [-0.05, 0) is 24.3 Å². The second-order valence-corrected chi connectivity index (χ2v) is 9.52. The summed E-state index contributed by atoms with van der Waals surface area (Å²) in [6.45, 7) is 0.771. The van der Waals surface area contributed by atoms with Gasteiger partial charge < -0.3 is 10.6 Å². The molecule has 2 aliphatic rings. The van der Waals surface area contributed by atoms with Gasteiger partial charge in [-0.25, -0.2) is 8.42 Å². The number of sulfone groups is 1. The molecule has 0 saturated heterocycles. The van der Waals surface area contributed by atoms with Crippen LogP contribution in [-0.2, 0) is 9.84 Å². The average Bonchev–Trinajstić information content (AvgIpc) is 3.04. The van der Waals surface area contributed by atoms with Crippen LogP contribution in [0.3, 0.4) is 0 Å². The van der Waals surface area contributed by atoms with Crippen molar-refractivity contribution in [1.29, 1.82) is 0 Å². The second-order valence-electron chi connectivity index (χ2n) is 6.38. The SMILES string of the molecule is CS(=O)(=O)c1cccc(N2C=C3SC(c4ccccc4N)N=C3CC2)c1. The lowest BCUT2D eigenvalue weighted by Crippen LogP contribution is -2.25. The zero-order valence-corrected chi connectivity index (χ0v) is 15.9. The number of anilines is 2. The number of para-hydroxylation sites is 1. The Labute approximate surface area is 157 Å². The standard InChI is InChI=1S/C19H19N3O2S2/c1-26(23,24)14-6-4-5-13(11-14)22-10-9-17-18(12-22)25-19(21-17)15-7-2-3-8-16(15)20/h2-8,11-12,19H,9-10,20H2,1H3. The Morgan fingerprint density at radius 2 is 2.00 bits per heavy atom. The topological polar surface area (TPSA) is 75.8 Å². The second kappa shape index (κ2) is 6.48. The summed E-state index contributed by atoms with van der Waals surface area (Å²) in [6.07, 6.45) is 4.12. The smallest absolute Gasteiger partial charge is 0.175 e. The van der Waals surface area contributed by atoms with Crippen molar-refractivity contribution in [3.05, 3.63) is 65.2 Å². The molecule has 2 heterocycles. The molecular formula is C19H19N3O2S2. The molecule has 0 radical (unpaired) electrons. The number of fused-ring (bicyclic) bond motifs is 1. The number of hydrogen-bond donors (Lipinski definition) is 1. The maximum atomic E-state index is 11.8. The largest absolute Gasteiger partial charge is 0.398 e. The fourth-order valence-electron chi connectivity index (χ4n) is 3.11. The summed E-state index contributed by atoms with van der Waals surface area (Å²) in [5.74, 6) is 0. The van der Waals surface area contributed by atoms with Crippen LogP contribution in [0.5, 0.6) is 0 Å². The van der Waals surface area contributed by atoms with Crippen LogP contribution in [0.15, 0.2) is 69.5 Å². The molecule has 0 aliphatic carbocycles. The highest BCUT2D eigenvalue weighted by atomic mass is 32.2. The molecule has 26 heavy (non-hydrogen) atoms. The van der Waals surface area contributed by atoms with E-state index >= 15 is 0 Å². The van der Waals surface area contributed by atoms with Crippen molar-refractivity contribution in [3.63, 3.8) is 0 Å². The Balaban J connectivity index is 1.62. The van der Waals surface area contributed by atoms with Crippen molar-refractivity contribution in [2.45, 2.75) is 16.7 Å². The van der Waals surface area contributed by atoms with Gasteiger partial charge in [0.25, 0.3) is 0 Å². The minimum Gasteiger partial charge on any atom is -0.398 e. The number of nitrogens with zero attached hydrogens (tertiary/aromatic N) is 2. The lowest BCUT2D eigenvalue weighted by molar-refractivity contribution is 0.602. The van der Waals surface area contributed by atoms with E-state index in [0.717, 1.165) is 40.5 Å². The van der Waals surface area contributed by atoms with E-state index in [9.17, 15) is 8.42 Å². The van der Waals surface area contributed by atoms with Crippen molar-refractivity contribution in [2.75, 3.05) is 23.4 Å². The Bertz CT molecular complexity index is 1030. The minimum absolute atomic E-state index is 0.0141. The first-order valence-corrected chi connectivity index (χ1v) is 11.1. The summed E-state index contributed by atoms with van der Waals surface area (Å²) in [5, 5.41) is -0.0141. The minimum atomic E-state index is -3.22. The monoisotopic (exact) mass is 385 g/mol. The molecule has 2 aromatic carbocycles. The Hall–Kier alpha value is -2.25. The predicted octanol–water partition coefficient (Wildman–Crippen LogP) is 3.61. The third kappa shape index (κ3) is 3.24. The molecule has 2 N–H and O–H groups in total. The molecule has 0 aromatic heterocycles. The normalized spacial score (nSPS) is 19.7. The van der Waals surface area contributed by atoms with Gasteiger partial charge in [0.05, 0.1) is 10.6 Å². The maximum absolute atomic E-state index is 11.8. The van der Waals surface area contributed by atoms with Crippen molar-refractivity contribution in [3.8, 4) is 0 Å². The van der Waals surface area contributed by atoms with Crippen LogP contribution in [0.2, 0.25) is 0 Å². The molecule has 0 amide bonds. The predicted molar refractivity (Wildman–Crippen MR) is 108 cm³/mol. The van der Waals surface area contributed by atoms with Gasteiger partial charge in [-0.2, -0.15) is 0 Å². The first-order chi connectivity index (χ1) is 12.4. The van der Waals surface area contributed by atoms with E-state index in [1.807, 2.05) is 30.3 Å². The summed E-state index contributed by atoms with van der Waals surface area (Å²) < 4.78 is 23.6. The van der Waals surface area contributed by atoms with E-state index < -0.39 is 9.84 Å². The van der Waals surface area contributed by atoms with Gasteiger partial charge in [0.2, 0.25) is 0 Å². The molecule has 7 heteroatoms. The van der Waals surface area contributed by atoms with Crippen molar-refractivity contribution in [1.82, 2.24) is 0 Å². The van der Waals surface area contributed by atoms with Crippen LogP contribution in [0, 0.1) is 0 Å². The number of nitrogen functional groups attached to an aromatic ring is 1. The molecular weight excluding hydrogens is 366 g/mol. The molecule has 0 saturated carbocycles. The zero-order chi connectivity index (χ0) is 18.3. The molecule has 1 atom stereocenters. The molecule has 134 valence electrons. The molecule has 2 aromatic rings. The number of benzene rings is 2. The molecule has 0 spiro atoms. The average molecular weight is 386 g/mol. The van der Waals surface area contributed by atoms with E-state index in [1.165, 1.54) is 6.26 Å². The Morgan fingerprint density at radius 1 is 1.19 bits per heavy atom. The van der Waals surface area contributed by atoms with Crippen LogP contribution in [-0.4, -0.2) is 26.9 Å². The summed E-state index contributed by atoms with van der Waals surface area (Å²) in [6, 6.07) is 14.9.